The van der Waals surface area contributed by atoms with Crippen molar-refractivity contribution >= 4 is 27.2 Å². The summed E-state index contributed by atoms with van der Waals surface area (Å²) in [5.74, 6) is 0.185. The fourth-order valence-electron chi connectivity index (χ4n) is 2.67. The van der Waals surface area contributed by atoms with Crippen molar-refractivity contribution < 1.29 is 4.79 Å². The number of hydrogen-bond donors (Lipinski definition) is 0. The molecule has 0 aliphatic heterocycles. The highest BCUT2D eigenvalue weighted by Gasteiger charge is 2.26. The van der Waals surface area contributed by atoms with Crippen molar-refractivity contribution in [1.29, 1.82) is 0 Å². The Hall–Kier alpha value is -1.93. The molecular formula is C16H10OS. The molecule has 18 heavy (non-hydrogen) atoms. The highest BCUT2D eigenvalue weighted by Crippen LogP contribution is 2.38. The molecule has 0 fully saturated rings. The molecule has 1 aromatic heterocycles. The Morgan fingerprint density at radius 1 is 0.944 bits per heavy atom. The predicted molar refractivity (Wildman–Crippen MR) is 74.5 cm³/mol. The number of carbonyl (C=O) groups is 1. The molecule has 0 spiro atoms. The van der Waals surface area contributed by atoms with Crippen molar-refractivity contribution in [1.82, 2.24) is 0 Å². The van der Waals surface area contributed by atoms with Crippen LogP contribution in [0.2, 0.25) is 0 Å². The lowest BCUT2D eigenvalue weighted by atomic mass is 9.88. The Bertz CT molecular complexity index is 783. The van der Waals surface area contributed by atoms with E-state index < -0.39 is 0 Å². The number of rotatable bonds is 0. The molecule has 1 aliphatic carbocycles. The van der Waals surface area contributed by atoms with E-state index in [4.69, 9.17) is 0 Å². The average Bonchev–Trinajstić information content (AvgIpc) is 2.77. The van der Waals surface area contributed by atoms with Crippen LogP contribution in [-0.4, -0.2) is 5.78 Å². The highest BCUT2D eigenvalue weighted by atomic mass is 32.1. The fraction of sp³-hybridized carbons (Fsp3) is 0.0625. The van der Waals surface area contributed by atoms with Gasteiger partial charge in [0.1, 0.15) is 0 Å². The zero-order chi connectivity index (χ0) is 12.1. The summed E-state index contributed by atoms with van der Waals surface area (Å²) in [4.78, 5) is 13.8. The Labute approximate surface area is 109 Å². The van der Waals surface area contributed by atoms with Gasteiger partial charge in [-0.15, -0.1) is 11.3 Å². The molecule has 1 nitrogen and oxygen atoms in total. The second-order valence-electron chi connectivity index (χ2n) is 4.56. The molecule has 2 heteroatoms. The van der Waals surface area contributed by atoms with E-state index in [1.165, 1.54) is 9.58 Å². The van der Waals surface area contributed by atoms with E-state index in [2.05, 4.69) is 18.2 Å². The van der Waals surface area contributed by atoms with Gasteiger partial charge in [-0.3, -0.25) is 4.79 Å². The third-order valence-corrected chi connectivity index (χ3v) is 4.68. The van der Waals surface area contributed by atoms with Crippen molar-refractivity contribution in [3.8, 4) is 0 Å². The summed E-state index contributed by atoms with van der Waals surface area (Å²) in [6.45, 7) is 0. The van der Waals surface area contributed by atoms with E-state index in [0.717, 1.165) is 28.5 Å². The Kier molecular flexibility index (Phi) is 1.97. The van der Waals surface area contributed by atoms with Crippen molar-refractivity contribution in [2.45, 2.75) is 6.42 Å². The first-order chi connectivity index (χ1) is 8.84. The van der Waals surface area contributed by atoms with E-state index in [9.17, 15) is 4.79 Å². The molecule has 0 unspecified atom stereocenters. The number of carbonyl (C=O) groups excluding carboxylic acids is 1. The number of ketones is 1. The van der Waals surface area contributed by atoms with Gasteiger partial charge in [-0.2, -0.15) is 0 Å². The summed E-state index contributed by atoms with van der Waals surface area (Å²) in [5.41, 5.74) is 2.95. The predicted octanol–water partition coefficient (Wildman–Crippen LogP) is 4.04. The average molecular weight is 250 g/mol. The van der Waals surface area contributed by atoms with Crippen LogP contribution in [-0.2, 0) is 6.42 Å². The molecular weight excluding hydrogens is 240 g/mol. The molecule has 86 valence electrons. The molecule has 0 saturated heterocycles. The molecule has 0 amide bonds. The van der Waals surface area contributed by atoms with Crippen LogP contribution in [0.4, 0.5) is 0 Å². The smallest absolute Gasteiger partial charge is 0.195 e. The first-order valence-corrected chi connectivity index (χ1v) is 6.79. The summed E-state index contributed by atoms with van der Waals surface area (Å²) < 4.78 is 1.21. The van der Waals surface area contributed by atoms with Crippen LogP contribution in [0.1, 0.15) is 26.4 Å². The van der Waals surface area contributed by atoms with Gasteiger partial charge in [-0.25, -0.2) is 0 Å². The summed E-state index contributed by atoms with van der Waals surface area (Å²) >= 11 is 1.75. The molecule has 0 atom stereocenters. The fourth-order valence-corrected chi connectivity index (χ4v) is 3.90. The summed E-state index contributed by atoms with van der Waals surface area (Å²) in [6, 6.07) is 16.1. The maximum absolute atomic E-state index is 12.6. The number of benzene rings is 2. The molecule has 0 saturated carbocycles. The standard InChI is InChI=1S/C16H10OS/c17-16-11-6-2-1-5-10(11)9-14-15(16)12-7-3-4-8-13(12)18-14/h1-8H,9H2. The third kappa shape index (κ3) is 1.24. The Morgan fingerprint density at radius 2 is 1.72 bits per heavy atom. The molecule has 0 N–H and O–H groups in total. The van der Waals surface area contributed by atoms with Gasteiger partial charge >= 0.3 is 0 Å². The molecule has 2 aromatic carbocycles. The number of fused-ring (bicyclic) bond motifs is 4. The van der Waals surface area contributed by atoms with Crippen LogP contribution in [0, 0.1) is 0 Å². The van der Waals surface area contributed by atoms with Gasteiger partial charge in [-0.1, -0.05) is 42.5 Å². The van der Waals surface area contributed by atoms with Crippen LogP contribution in [0.25, 0.3) is 10.1 Å². The van der Waals surface area contributed by atoms with E-state index >= 15 is 0 Å². The Morgan fingerprint density at radius 3 is 2.67 bits per heavy atom. The molecule has 0 radical (unpaired) electrons. The van der Waals surface area contributed by atoms with Gasteiger partial charge < -0.3 is 0 Å². The summed E-state index contributed by atoms with van der Waals surface area (Å²) in [6.07, 6.45) is 0.886. The van der Waals surface area contributed by atoms with Crippen molar-refractivity contribution in [2.75, 3.05) is 0 Å². The minimum absolute atomic E-state index is 0.185. The maximum atomic E-state index is 12.6. The lowest BCUT2D eigenvalue weighted by Crippen LogP contribution is -2.12. The van der Waals surface area contributed by atoms with Gasteiger partial charge in [0.15, 0.2) is 5.78 Å². The molecule has 3 aromatic rings. The van der Waals surface area contributed by atoms with Crippen LogP contribution >= 0.6 is 11.3 Å². The maximum Gasteiger partial charge on any atom is 0.195 e. The largest absolute Gasteiger partial charge is 0.289 e. The second-order valence-corrected chi connectivity index (χ2v) is 5.70. The zero-order valence-corrected chi connectivity index (χ0v) is 10.5. The number of hydrogen-bond acceptors (Lipinski definition) is 2. The van der Waals surface area contributed by atoms with Gasteiger partial charge in [0.05, 0.1) is 0 Å². The molecule has 4 rings (SSSR count). The van der Waals surface area contributed by atoms with Crippen molar-refractivity contribution in [3.05, 3.63) is 70.1 Å². The Balaban J connectivity index is 2.06. The summed E-state index contributed by atoms with van der Waals surface area (Å²) in [7, 11) is 0. The minimum atomic E-state index is 0.185. The molecule has 0 bridgehead atoms. The SMILES string of the molecule is O=C1c2ccccc2Cc2sc3ccccc3c21. The molecule has 1 aliphatic rings. The number of thiophene rings is 1. The summed E-state index contributed by atoms with van der Waals surface area (Å²) in [5, 5.41) is 1.11. The van der Waals surface area contributed by atoms with Crippen LogP contribution in [0.5, 0.6) is 0 Å². The topological polar surface area (TPSA) is 17.1 Å². The van der Waals surface area contributed by atoms with Gasteiger partial charge in [0.2, 0.25) is 0 Å². The lowest BCUT2D eigenvalue weighted by Gasteiger charge is -2.14. The van der Waals surface area contributed by atoms with Crippen molar-refractivity contribution in [2.24, 2.45) is 0 Å². The second kappa shape index (κ2) is 3.53. The first-order valence-electron chi connectivity index (χ1n) is 5.97. The molecule has 1 heterocycles. The highest BCUT2D eigenvalue weighted by molar-refractivity contribution is 7.19. The minimum Gasteiger partial charge on any atom is -0.289 e. The van der Waals surface area contributed by atoms with E-state index in [0.29, 0.717) is 0 Å². The van der Waals surface area contributed by atoms with Gasteiger partial charge in [-0.05, 0) is 11.6 Å². The van der Waals surface area contributed by atoms with E-state index in [-0.39, 0.29) is 5.78 Å². The lowest BCUT2D eigenvalue weighted by molar-refractivity contribution is 0.103. The monoisotopic (exact) mass is 250 g/mol. The van der Waals surface area contributed by atoms with E-state index in [1.807, 2.05) is 30.3 Å². The van der Waals surface area contributed by atoms with Crippen LogP contribution < -0.4 is 0 Å². The first kappa shape index (κ1) is 10.0. The zero-order valence-electron chi connectivity index (χ0n) is 9.64. The van der Waals surface area contributed by atoms with E-state index in [1.54, 1.807) is 11.3 Å². The van der Waals surface area contributed by atoms with Crippen molar-refractivity contribution in [3.63, 3.8) is 0 Å². The van der Waals surface area contributed by atoms with Crippen LogP contribution in [0.3, 0.4) is 0 Å². The third-order valence-electron chi connectivity index (χ3n) is 3.51. The van der Waals surface area contributed by atoms with Crippen LogP contribution in [0.15, 0.2) is 48.5 Å². The normalized spacial score (nSPS) is 13.4. The quantitative estimate of drug-likeness (QED) is 0.460. The van der Waals surface area contributed by atoms with Gasteiger partial charge in [0, 0.05) is 32.5 Å². The van der Waals surface area contributed by atoms with Gasteiger partial charge in [0.25, 0.3) is 0 Å².